The second-order valence-electron chi connectivity index (χ2n) is 3.11. The number of thioether (sulfide) groups is 1. The molecule has 1 N–H and O–H groups in total. The largest absolute Gasteiger partial charge is 0.478 e. The Bertz CT molecular complexity index is 345. The summed E-state index contributed by atoms with van der Waals surface area (Å²) in [4.78, 5) is 15.4. The van der Waals surface area contributed by atoms with Crippen LogP contribution in [0, 0.1) is 0 Å². The number of aromatic nitrogens is 1. The van der Waals surface area contributed by atoms with E-state index in [9.17, 15) is 4.79 Å². The number of hydrogen-bond donors (Lipinski definition) is 1. The maximum Gasteiger partial charge on any atom is 0.230 e. The Morgan fingerprint density at radius 1 is 1.62 bits per heavy atom. The van der Waals surface area contributed by atoms with Gasteiger partial charge in [0.25, 0.3) is 0 Å². The van der Waals surface area contributed by atoms with Gasteiger partial charge in [-0.2, -0.15) is 11.8 Å². The van der Waals surface area contributed by atoms with Crippen LogP contribution >= 0.6 is 11.8 Å². The van der Waals surface area contributed by atoms with Crippen LogP contribution in [0.2, 0.25) is 0 Å². The second-order valence-corrected chi connectivity index (χ2v) is 3.98. The van der Waals surface area contributed by atoms with Gasteiger partial charge in [-0.05, 0) is 19.2 Å². The zero-order chi connectivity index (χ0) is 11.8. The lowest BCUT2D eigenvalue weighted by molar-refractivity contribution is -0.118. The molecular weight excluding hydrogens is 224 g/mol. The van der Waals surface area contributed by atoms with Crippen LogP contribution in [0.3, 0.4) is 0 Å². The smallest absolute Gasteiger partial charge is 0.230 e. The number of ether oxygens (including phenoxy) is 1. The van der Waals surface area contributed by atoms with Crippen molar-refractivity contribution in [1.29, 1.82) is 0 Å². The van der Waals surface area contributed by atoms with E-state index < -0.39 is 0 Å². The average Bonchev–Trinajstić information content (AvgIpc) is 2.29. The monoisotopic (exact) mass is 240 g/mol. The minimum Gasteiger partial charge on any atom is -0.478 e. The molecule has 0 aliphatic carbocycles. The molecule has 1 aromatic heterocycles. The molecule has 0 aliphatic rings. The molecule has 0 unspecified atom stereocenters. The van der Waals surface area contributed by atoms with Crippen LogP contribution in [0.15, 0.2) is 18.3 Å². The standard InChI is InChI=1S/C11H16N2O2S/c1-3-15-11-9(5-4-6-12-11)7-13-10(14)8-16-2/h4-6H,3,7-8H2,1-2H3,(H,13,14). The molecular formula is C11H16N2O2S. The van der Waals surface area contributed by atoms with Crippen LogP contribution in [0.1, 0.15) is 12.5 Å². The van der Waals surface area contributed by atoms with E-state index in [0.717, 1.165) is 5.56 Å². The summed E-state index contributed by atoms with van der Waals surface area (Å²) in [6, 6.07) is 3.73. The van der Waals surface area contributed by atoms with E-state index in [2.05, 4.69) is 10.3 Å². The maximum absolute atomic E-state index is 11.3. The average molecular weight is 240 g/mol. The predicted octanol–water partition coefficient (Wildman–Crippen LogP) is 1.46. The molecule has 0 saturated heterocycles. The van der Waals surface area contributed by atoms with Gasteiger partial charge in [0.2, 0.25) is 11.8 Å². The van der Waals surface area contributed by atoms with Crippen LogP contribution in [0.4, 0.5) is 0 Å². The molecule has 1 heterocycles. The number of rotatable bonds is 6. The van der Waals surface area contributed by atoms with E-state index in [1.807, 2.05) is 25.3 Å². The number of hydrogen-bond acceptors (Lipinski definition) is 4. The summed E-state index contributed by atoms with van der Waals surface area (Å²) in [5.41, 5.74) is 0.902. The van der Waals surface area contributed by atoms with Crippen molar-refractivity contribution >= 4 is 17.7 Å². The Morgan fingerprint density at radius 2 is 2.44 bits per heavy atom. The molecule has 0 bridgehead atoms. The minimum atomic E-state index is 0.0267. The van der Waals surface area contributed by atoms with Crippen LogP contribution in [0.25, 0.3) is 0 Å². The van der Waals surface area contributed by atoms with E-state index in [-0.39, 0.29) is 5.91 Å². The number of pyridine rings is 1. The Balaban J connectivity index is 2.55. The molecule has 0 aromatic carbocycles. The summed E-state index contributed by atoms with van der Waals surface area (Å²) >= 11 is 1.50. The number of nitrogens with zero attached hydrogens (tertiary/aromatic N) is 1. The van der Waals surface area contributed by atoms with Crippen molar-refractivity contribution in [2.75, 3.05) is 18.6 Å². The Labute approximate surface area is 99.8 Å². The van der Waals surface area contributed by atoms with Gasteiger partial charge in [0.1, 0.15) is 0 Å². The fourth-order valence-corrected chi connectivity index (χ4v) is 1.57. The van der Waals surface area contributed by atoms with E-state index >= 15 is 0 Å². The third kappa shape index (κ3) is 4.10. The highest BCUT2D eigenvalue weighted by atomic mass is 32.2. The summed E-state index contributed by atoms with van der Waals surface area (Å²) < 4.78 is 5.36. The normalized spacial score (nSPS) is 9.88. The molecule has 0 atom stereocenters. The fraction of sp³-hybridized carbons (Fsp3) is 0.455. The Hall–Kier alpha value is -1.23. The molecule has 1 amide bonds. The Morgan fingerprint density at radius 3 is 3.12 bits per heavy atom. The van der Waals surface area contributed by atoms with Crippen LogP contribution in [-0.4, -0.2) is 29.5 Å². The first-order valence-electron chi connectivity index (χ1n) is 5.10. The van der Waals surface area contributed by atoms with Gasteiger partial charge in [0.05, 0.1) is 12.4 Å². The number of carbonyl (C=O) groups is 1. The molecule has 0 spiro atoms. The van der Waals surface area contributed by atoms with Gasteiger partial charge < -0.3 is 10.1 Å². The van der Waals surface area contributed by atoms with Gasteiger partial charge in [-0.15, -0.1) is 0 Å². The molecule has 5 heteroatoms. The molecule has 1 rings (SSSR count). The van der Waals surface area contributed by atoms with Crippen molar-refractivity contribution in [2.24, 2.45) is 0 Å². The minimum absolute atomic E-state index is 0.0267. The molecule has 0 saturated carbocycles. The lowest BCUT2D eigenvalue weighted by Gasteiger charge is -2.09. The van der Waals surface area contributed by atoms with Crippen molar-refractivity contribution in [3.05, 3.63) is 23.9 Å². The van der Waals surface area contributed by atoms with E-state index in [1.54, 1.807) is 6.20 Å². The van der Waals surface area contributed by atoms with Crippen LogP contribution < -0.4 is 10.1 Å². The molecule has 0 aliphatic heterocycles. The maximum atomic E-state index is 11.3. The molecule has 16 heavy (non-hydrogen) atoms. The summed E-state index contributed by atoms with van der Waals surface area (Å²) in [6.45, 7) is 2.94. The topological polar surface area (TPSA) is 51.2 Å². The zero-order valence-electron chi connectivity index (χ0n) is 9.53. The predicted molar refractivity (Wildman–Crippen MR) is 65.6 cm³/mol. The second kappa shape index (κ2) is 7.11. The van der Waals surface area contributed by atoms with Crippen LogP contribution in [-0.2, 0) is 11.3 Å². The summed E-state index contributed by atoms with van der Waals surface area (Å²) in [5, 5.41) is 2.82. The first kappa shape index (κ1) is 12.8. The van der Waals surface area contributed by atoms with Crippen molar-refractivity contribution in [1.82, 2.24) is 10.3 Å². The van der Waals surface area contributed by atoms with Gasteiger partial charge in [-0.1, -0.05) is 6.07 Å². The summed E-state index contributed by atoms with van der Waals surface area (Å²) in [7, 11) is 0. The third-order valence-electron chi connectivity index (χ3n) is 1.88. The van der Waals surface area contributed by atoms with Gasteiger partial charge in [0.15, 0.2) is 0 Å². The van der Waals surface area contributed by atoms with Gasteiger partial charge >= 0.3 is 0 Å². The molecule has 1 aromatic rings. The van der Waals surface area contributed by atoms with E-state index in [1.165, 1.54) is 11.8 Å². The number of nitrogens with one attached hydrogen (secondary N) is 1. The SMILES string of the molecule is CCOc1ncccc1CNC(=O)CSC. The lowest BCUT2D eigenvalue weighted by atomic mass is 10.2. The van der Waals surface area contributed by atoms with Gasteiger partial charge in [-0.3, -0.25) is 4.79 Å². The summed E-state index contributed by atoms with van der Waals surface area (Å²) in [6.07, 6.45) is 3.58. The van der Waals surface area contributed by atoms with Crippen molar-refractivity contribution in [3.8, 4) is 5.88 Å². The highest BCUT2D eigenvalue weighted by molar-refractivity contribution is 7.99. The molecule has 4 nitrogen and oxygen atoms in total. The van der Waals surface area contributed by atoms with Crippen molar-refractivity contribution in [2.45, 2.75) is 13.5 Å². The van der Waals surface area contributed by atoms with Crippen LogP contribution in [0.5, 0.6) is 5.88 Å². The first-order chi connectivity index (χ1) is 7.77. The molecule has 0 radical (unpaired) electrons. The van der Waals surface area contributed by atoms with E-state index in [0.29, 0.717) is 24.8 Å². The Kier molecular flexibility index (Phi) is 5.71. The number of amides is 1. The highest BCUT2D eigenvalue weighted by Crippen LogP contribution is 2.13. The lowest BCUT2D eigenvalue weighted by Crippen LogP contribution is -2.24. The first-order valence-corrected chi connectivity index (χ1v) is 6.49. The quantitative estimate of drug-likeness (QED) is 0.818. The van der Waals surface area contributed by atoms with Crippen molar-refractivity contribution in [3.63, 3.8) is 0 Å². The third-order valence-corrected chi connectivity index (χ3v) is 2.43. The van der Waals surface area contributed by atoms with Gasteiger partial charge in [0, 0.05) is 18.3 Å². The molecule has 0 fully saturated rings. The summed E-state index contributed by atoms with van der Waals surface area (Å²) in [5.74, 6) is 1.10. The fourth-order valence-electron chi connectivity index (χ4n) is 1.20. The number of carbonyl (C=O) groups excluding carboxylic acids is 1. The molecule has 88 valence electrons. The van der Waals surface area contributed by atoms with Gasteiger partial charge in [-0.25, -0.2) is 4.98 Å². The highest BCUT2D eigenvalue weighted by Gasteiger charge is 2.05. The van der Waals surface area contributed by atoms with E-state index in [4.69, 9.17) is 4.74 Å². The zero-order valence-corrected chi connectivity index (χ0v) is 10.3. The van der Waals surface area contributed by atoms with Crippen molar-refractivity contribution < 1.29 is 9.53 Å².